The second-order valence-corrected chi connectivity index (χ2v) is 6.72. The van der Waals surface area contributed by atoms with E-state index in [1.165, 1.54) is 0 Å². The number of esters is 1. The van der Waals surface area contributed by atoms with E-state index in [1.54, 1.807) is 13.1 Å². The van der Waals surface area contributed by atoms with Gasteiger partial charge < -0.3 is 15.2 Å². The van der Waals surface area contributed by atoms with E-state index in [-0.39, 0.29) is 17.3 Å². The standard InChI is InChI=1S/C14H21N3O3S/c1-2-19-13(18)12-11(15)8-17(16-12)10-3-5-20-14(7-10)4-6-21-9-14/h8,10H,2-7,9,15H2,1H3. The molecule has 2 aliphatic heterocycles. The maximum absolute atomic E-state index is 11.8. The number of nitrogens with two attached hydrogens (primary N) is 1. The summed E-state index contributed by atoms with van der Waals surface area (Å²) in [4.78, 5) is 11.8. The van der Waals surface area contributed by atoms with Crippen molar-refractivity contribution in [2.45, 2.75) is 37.8 Å². The van der Waals surface area contributed by atoms with Crippen molar-refractivity contribution in [1.82, 2.24) is 9.78 Å². The molecule has 0 amide bonds. The van der Waals surface area contributed by atoms with Crippen molar-refractivity contribution in [3.05, 3.63) is 11.9 Å². The number of nitrogens with zero attached hydrogens (tertiary/aromatic N) is 2. The van der Waals surface area contributed by atoms with Crippen LogP contribution in [-0.4, -0.2) is 46.1 Å². The van der Waals surface area contributed by atoms with Gasteiger partial charge in [0.2, 0.25) is 0 Å². The monoisotopic (exact) mass is 311 g/mol. The van der Waals surface area contributed by atoms with Crippen LogP contribution in [0.15, 0.2) is 6.20 Å². The normalized spacial score (nSPS) is 28.9. The van der Waals surface area contributed by atoms with Gasteiger partial charge in [0.15, 0.2) is 5.69 Å². The lowest BCUT2D eigenvalue weighted by atomic mass is 9.90. The molecule has 1 aromatic rings. The Morgan fingerprint density at radius 3 is 3.29 bits per heavy atom. The molecule has 1 aromatic heterocycles. The number of rotatable bonds is 3. The fourth-order valence-electron chi connectivity index (χ4n) is 3.04. The molecule has 2 saturated heterocycles. The number of hydrogen-bond donors (Lipinski definition) is 1. The third-order valence-electron chi connectivity index (χ3n) is 4.14. The Labute approximate surface area is 128 Å². The first-order valence-corrected chi connectivity index (χ1v) is 8.52. The predicted molar refractivity (Wildman–Crippen MR) is 81.5 cm³/mol. The van der Waals surface area contributed by atoms with Gasteiger partial charge in [0, 0.05) is 18.6 Å². The molecule has 0 bridgehead atoms. The number of anilines is 1. The topological polar surface area (TPSA) is 79.4 Å². The predicted octanol–water partition coefficient (Wildman–Crippen LogP) is 1.87. The molecular weight excluding hydrogens is 290 g/mol. The molecule has 1 spiro atoms. The highest BCUT2D eigenvalue weighted by Gasteiger charge is 2.41. The third-order valence-corrected chi connectivity index (χ3v) is 5.36. The summed E-state index contributed by atoms with van der Waals surface area (Å²) in [7, 11) is 0. The van der Waals surface area contributed by atoms with Crippen LogP contribution in [0.3, 0.4) is 0 Å². The maximum atomic E-state index is 11.8. The van der Waals surface area contributed by atoms with Crippen LogP contribution >= 0.6 is 11.8 Å². The number of aromatic nitrogens is 2. The zero-order valence-electron chi connectivity index (χ0n) is 12.2. The molecule has 3 heterocycles. The van der Waals surface area contributed by atoms with Gasteiger partial charge in [-0.1, -0.05) is 0 Å². The van der Waals surface area contributed by atoms with E-state index < -0.39 is 5.97 Å². The first-order valence-electron chi connectivity index (χ1n) is 7.37. The lowest BCUT2D eigenvalue weighted by molar-refractivity contribution is -0.0778. The Morgan fingerprint density at radius 2 is 2.57 bits per heavy atom. The zero-order valence-corrected chi connectivity index (χ0v) is 13.0. The highest BCUT2D eigenvalue weighted by molar-refractivity contribution is 7.99. The molecule has 3 rings (SSSR count). The second kappa shape index (κ2) is 5.88. The lowest BCUT2D eigenvalue weighted by Crippen LogP contribution is -2.40. The molecule has 2 atom stereocenters. The van der Waals surface area contributed by atoms with Crippen molar-refractivity contribution >= 4 is 23.4 Å². The largest absolute Gasteiger partial charge is 0.461 e. The van der Waals surface area contributed by atoms with Gasteiger partial charge in [-0.05, 0) is 31.9 Å². The molecule has 2 unspecified atom stereocenters. The van der Waals surface area contributed by atoms with Crippen molar-refractivity contribution in [3.8, 4) is 0 Å². The van der Waals surface area contributed by atoms with E-state index >= 15 is 0 Å². The summed E-state index contributed by atoms with van der Waals surface area (Å²) in [6.45, 7) is 2.83. The van der Waals surface area contributed by atoms with Crippen LogP contribution in [0.4, 0.5) is 5.69 Å². The van der Waals surface area contributed by atoms with E-state index in [1.807, 2.05) is 16.4 Å². The molecule has 0 saturated carbocycles. The Kier molecular flexibility index (Phi) is 4.12. The highest BCUT2D eigenvalue weighted by Crippen LogP contribution is 2.42. The number of thioether (sulfide) groups is 1. The van der Waals surface area contributed by atoms with Crippen LogP contribution in [-0.2, 0) is 9.47 Å². The van der Waals surface area contributed by atoms with Crippen molar-refractivity contribution in [2.24, 2.45) is 0 Å². The fourth-order valence-corrected chi connectivity index (χ4v) is 4.42. The summed E-state index contributed by atoms with van der Waals surface area (Å²) in [5.74, 6) is 1.75. The molecule has 21 heavy (non-hydrogen) atoms. The van der Waals surface area contributed by atoms with Gasteiger partial charge >= 0.3 is 5.97 Å². The zero-order chi connectivity index (χ0) is 14.9. The van der Waals surface area contributed by atoms with Crippen LogP contribution in [0, 0.1) is 0 Å². The molecule has 116 valence electrons. The summed E-state index contributed by atoms with van der Waals surface area (Å²) in [5.41, 5.74) is 6.49. The summed E-state index contributed by atoms with van der Waals surface area (Å²) >= 11 is 1.94. The first kappa shape index (κ1) is 14.7. The third kappa shape index (κ3) is 2.89. The molecule has 6 nitrogen and oxygen atoms in total. The number of hydrogen-bond acceptors (Lipinski definition) is 6. The van der Waals surface area contributed by atoms with Gasteiger partial charge in [0.1, 0.15) is 0 Å². The van der Waals surface area contributed by atoms with Gasteiger partial charge in [-0.15, -0.1) is 0 Å². The molecule has 7 heteroatoms. The summed E-state index contributed by atoms with van der Waals surface area (Å²) in [5, 5.41) is 4.36. The summed E-state index contributed by atoms with van der Waals surface area (Å²) in [6.07, 6.45) is 4.67. The number of carbonyl (C=O) groups excluding carboxylic acids is 1. The summed E-state index contributed by atoms with van der Waals surface area (Å²) in [6, 6.07) is 0.239. The number of carbonyl (C=O) groups is 1. The van der Waals surface area contributed by atoms with E-state index in [9.17, 15) is 4.79 Å². The number of ether oxygens (including phenoxy) is 2. The average Bonchev–Trinajstić information content (AvgIpc) is 3.06. The van der Waals surface area contributed by atoms with E-state index in [2.05, 4.69) is 5.10 Å². The quantitative estimate of drug-likeness (QED) is 0.859. The highest BCUT2D eigenvalue weighted by atomic mass is 32.2. The van der Waals surface area contributed by atoms with Gasteiger partial charge in [0.05, 0.1) is 23.9 Å². The molecule has 0 radical (unpaired) electrons. The van der Waals surface area contributed by atoms with E-state index in [4.69, 9.17) is 15.2 Å². The summed E-state index contributed by atoms with van der Waals surface area (Å²) < 4.78 is 12.8. The van der Waals surface area contributed by atoms with Crippen LogP contribution in [0.1, 0.15) is 42.7 Å². The van der Waals surface area contributed by atoms with Crippen molar-refractivity contribution in [3.63, 3.8) is 0 Å². The maximum Gasteiger partial charge on any atom is 0.361 e. The molecule has 2 aliphatic rings. The van der Waals surface area contributed by atoms with Gasteiger partial charge in [-0.3, -0.25) is 4.68 Å². The van der Waals surface area contributed by atoms with Gasteiger partial charge in [-0.2, -0.15) is 16.9 Å². The van der Waals surface area contributed by atoms with Crippen LogP contribution < -0.4 is 5.73 Å². The van der Waals surface area contributed by atoms with Crippen LogP contribution in [0.2, 0.25) is 0 Å². The Bertz CT molecular complexity index is 526. The lowest BCUT2D eigenvalue weighted by Gasteiger charge is -2.37. The fraction of sp³-hybridized carbons (Fsp3) is 0.714. The van der Waals surface area contributed by atoms with Crippen molar-refractivity contribution in [1.29, 1.82) is 0 Å². The second-order valence-electron chi connectivity index (χ2n) is 5.61. The van der Waals surface area contributed by atoms with Crippen LogP contribution in [0.5, 0.6) is 0 Å². The molecule has 0 aliphatic carbocycles. The van der Waals surface area contributed by atoms with E-state index in [0.717, 1.165) is 37.4 Å². The Balaban J connectivity index is 1.77. The van der Waals surface area contributed by atoms with Gasteiger partial charge in [-0.25, -0.2) is 4.79 Å². The van der Waals surface area contributed by atoms with E-state index in [0.29, 0.717) is 12.3 Å². The molecular formula is C14H21N3O3S. The smallest absolute Gasteiger partial charge is 0.361 e. The molecule has 2 fully saturated rings. The Morgan fingerprint density at radius 1 is 1.71 bits per heavy atom. The molecule has 0 aromatic carbocycles. The molecule has 2 N–H and O–H groups in total. The van der Waals surface area contributed by atoms with Crippen LogP contribution in [0.25, 0.3) is 0 Å². The van der Waals surface area contributed by atoms with Crippen molar-refractivity contribution < 1.29 is 14.3 Å². The minimum atomic E-state index is -0.452. The number of nitrogen functional groups attached to an aromatic ring is 1. The first-order chi connectivity index (χ1) is 10.1. The van der Waals surface area contributed by atoms with Gasteiger partial charge in [0.25, 0.3) is 0 Å². The minimum absolute atomic E-state index is 0.0155. The SMILES string of the molecule is CCOC(=O)c1nn(C2CCOC3(CCSC3)C2)cc1N. The van der Waals surface area contributed by atoms with Crippen molar-refractivity contribution in [2.75, 3.05) is 30.5 Å². The minimum Gasteiger partial charge on any atom is -0.461 e. The Hall–Kier alpha value is -1.21. The average molecular weight is 311 g/mol.